The summed E-state index contributed by atoms with van der Waals surface area (Å²) in [6.07, 6.45) is 7.42. The molecule has 3 heteroatoms. The van der Waals surface area contributed by atoms with Crippen molar-refractivity contribution in [3.05, 3.63) is 83.9 Å². The van der Waals surface area contributed by atoms with Crippen LogP contribution in [0, 0.1) is 37.5 Å². The highest BCUT2D eigenvalue weighted by Gasteiger charge is 2.48. The third-order valence-electron chi connectivity index (χ3n) is 8.34. The minimum Gasteiger partial charge on any atom is -0.467 e. The van der Waals surface area contributed by atoms with Crippen LogP contribution in [0.3, 0.4) is 0 Å². The first-order valence-electron chi connectivity index (χ1n) is 12.9. The van der Waals surface area contributed by atoms with E-state index in [1.54, 1.807) is 0 Å². The van der Waals surface area contributed by atoms with Crippen molar-refractivity contribution < 1.29 is 9.47 Å². The second-order valence-electron chi connectivity index (χ2n) is 10.7. The average Bonchev–Trinajstić information content (AvgIpc) is 2.83. The van der Waals surface area contributed by atoms with Gasteiger partial charge in [0.15, 0.2) is 6.79 Å². The lowest BCUT2D eigenvalue weighted by Gasteiger charge is -2.53. The summed E-state index contributed by atoms with van der Waals surface area (Å²) < 4.78 is 12.7. The SMILES string of the molecule is Cc1cc([SH](c2ccccc2)c2ccccc2)cc(C)c1OCOC1C2CC3CC(C2)CC1C3. The lowest BCUT2D eigenvalue weighted by atomic mass is 9.55. The van der Waals surface area contributed by atoms with Crippen LogP contribution >= 0.6 is 10.9 Å². The number of thiol groups is 1. The van der Waals surface area contributed by atoms with Crippen LogP contribution in [0.2, 0.25) is 0 Å². The third kappa shape index (κ3) is 4.29. The molecule has 2 nitrogen and oxygen atoms in total. The molecule has 7 rings (SSSR count). The summed E-state index contributed by atoms with van der Waals surface area (Å²) >= 11 is 0. The van der Waals surface area contributed by atoms with Crippen molar-refractivity contribution in [1.29, 1.82) is 0 Å². The number of benzene rings is 3. The fraction of sp³-hybridized carbons (Fsp3) is 0.419. The summed E-state index contributed by atoms with van der Waals surface area (Å²) in [7, 11) is -0.608. The Bertz CT molecular complexity index is 1040. The Balaban J connectivity index is 1.20. The maximum atomic E-state index is 6.43. The van der Waals surface area contributed by atoms with Gasteiger partial charge < -0.3 is 9.47 Å². The molecule has 0 amide bonds. The van der Waals surface area contributed by atoms with E-state index in [2.05, 4.69) is 86.6 Å². The maximum absolute atomic E-state index is 6.43. The van der Waals surface area contributed by atoms with E-state index in [4.69, 9.17) is 9.47 Å². The highest BCUT2D eigenvalue weighted by atomic mass is 32.2. The lowest BCUT2D eigenvalue weighted by molar-refractivity contribution is -0.155. The first-order chi connectivity index (χ1) is 16.7. The van der Waals surface area contributed by atoms with Gasteiger partial charge in [0.25, 0.3) is 0 Å². The van der Waals surface area contributed by atoms with Crippen molar-refractivity contribution in [3.8, 4) is 5.75 Å². The first-order valence-corrected chi connectivity index (χ1v) is 14.3. The van der Waals surface area contributed by atoms with Crippen molar-refractivity contribution in [1.82, 2.24) is 0 Å². The minimum absolute atomic E-state index is 0.375. The van der Waals surface area contributed by atoms with E-state index < -0.39 is 10.9 Å². The topological polar surface area (TPSA) is 18.5 Å². The minimum atomic E-state index is -0.608. The van der Waals surface area contributed by atoms with Gasteiger partial charge >= 0.3 is 0 Å². The van der Waals surface area contributed by atoms with Crippen LogP contribution < -0.4 is 4.74 Å². The molecule has 0 unspecified atom stereocenters. The lowest BCUT2D eigenvalue weighted by Crippen LogP contribution is -2.49. The van der Waals surface area contributed by atoms with Crippen LogP contribution in [0.1, 0.15) is 43.2 Å². The monoisotopic (exact) mass is 472 g/mol. The largest absolute Gasteiger partial charge is 0.467 e. The van der Waals surface area contributed by atoms with E-state index in [-0.39, 0.29) is 0 Å². The van der Waals surface area contributed by atoms with E-state index in [1.807, 2.05) is 0 Å². The first kappa shape index (κ1) is 22.2. The van der Waals surface area contributed by atoms with Crippen LogP contribution in [-0.2, 0) is 4.74 Å². The Morgan fingerprint density at radius 2 is 1.18 bits per heavy atom. The Hall–Kier alpha value is -2.23. The normalized spacial score (nSPS) is 27.6. The second kappa shape index (κ2) is 9.43. The molecule has 4 aliphatic carbocycles. The molecule has 0 atom stereocenters. The van der Waals surface area contributed by atoms with Crippen molar-refractivity contribution >= 4 is 10.9 Å². The Labute approximate surface area is 207 Å². The summed E-state index contributed by atoms with van der Waals surface area (Å²) in [6, 6.07) is 26.5. The van der Waals surface area contributed by atoms with Gasteiger partial charge in [-0.25, -0.2) is 0 Å². The molecule has 0 saturated heterocycles. The Morgan fingerprint density at radius 1 is 0.676 bits per heavy atom. The van der Waals surface area contributed by atoms with Crippen LogP contribution in [0.25, 0.3) is 0 Å². The molecule has 0 radical (unpaired) electrons. The van der Waals surface area contributed by atoms with Crippen molar-refractivity contribution in [2.24, 2.45) is 23.7 Å². The fourth-order valence-corrected chi connectivity index (χ4v) is 9.68. The molecule has 0 aromatic heterocycles. The molecule has 0 aliphatic heterocycles. The molecular formula is C31H36O2S. The Kier molecular flexibility index (Phi) is 6.17. The van der Waals surface area contributed by atoms with E-state index in [0.29, 0.717) is 12.9 Å². The fourth-order valence-electron chi connectivity index (χ4n) is 7.20. The van der Waals surface area contributed by atoms with E-state index >= 15 is 0 Å². The second-order valence-corrected chi connectivity index (χ2v) is 13.0. The maximum Gasteiger partial charge on any atom is 0.189 e. The van der Waals surface area contributed by atoms with Gasteiger partial charge in [-0.15, -0.1) is 0 Å². The van der Waals surface area contributed by atoms with E-state index in [1.165, 1.54) is 57.9 Å². The number of aryl methyl sites for hydroxylation is 2. The molecule has 0 heterocycles. The Morgan fingerprint density at radius 3 is 1.68 bits per heavy atom. The summed E-state index contributed by atoms with van der Waals surface area (Å²) in [5, 5.41) is 0. The quantitative estimate of drug-likeness (QED) is 0.278. The summed E-state index contributed by atoms with van der Waals surface area (Å²) in [5.41, 5.74) is 2.39. The zero-order valence-corrected chi connectivity index (χ0v) is 21.2. The number of rotatable bonds is 7. The molecule has 3 aromatic carbocycles. The molecule has 4 aliphatic rings. The van der Waals surface area contributed by atoms with Crippen molar-refractivity contribution in [2.45, 2.75) is 66.7 Å². The smallest absolute Gasteiger partial charge is 0.189 e. The van der Waals surface area contributed by atoms with Gasteiger partial charge in [-0.2, -0.15) is 10.9 Å². The van der Waals surface area contributed by atoms with Crippen LogP contribution in [0.5, 0.6) is 5.75 Å². The molecule has 34 heavy (non-hydrogen) atoms. The number of hydrogen-bond donors (Lipinski definition) is 1. The van der Waals surface area contributed by atoms with Gasteiger partial charge in [-0.1, -0.05) is 36.4 Å². The molecular weight excluding hydrogens is 436 g/mol. The molecule has 3 aromatic rings. The predicted molar refractivity (Wildman–Crippen MR) is 140 cm³/mol. The van der Waals surface area contributed by atoms with Crippen molar-refractivity contribution in [3.63, 3.8) is 0 Å². The van der Waals surface area contributed by atoms with Gasteiger partial charge in [0.05, 0.1) is 6.10 Å². The van der Waals surface area contributed by atoms with Crippen LogP contribution in [0.15, 0.2) is 87.5 Å². The van der Waals surface area contributed by atoms with E-state index in [0.717, 1.165) is 29.4 Å². The van der Waals surface area contributed by atoms with Gasteiger partial charge in [-0.3, -0.25) is 0 Å². The van der Waals surface area contributed by atoms with Gasteiger partial charge in [0.2, 0.25) is 0 Å². The predicted octanol–water partition coefficient (Wildman–Crippen LogP) is 7.96. The standard InChI is InChI=1S/C31H36O2S/c1-21-13-29(34(27-9-5-3-6-10-27)28-11-7-4-8-12-28)14-22(2)30(21)32-20-33-31-25-16-23-15-24(18-25)19-26(31)17-23/h3-14,23-26,31,34H,15-20H2,1-2H3. The third-order valence-corrected chi connectivity index (χ3v) is 10.7. The van der Waals surface area contributed by atoms with Gasteiger partial charge in [-0.05, 0) is 132 Å². The van der Waals surface area contributed by atoms with Gasteiger partial charge in [0.1, 0.15) is 5.75 Å². The highest BCUT2D eigenvalue weighted by molar-refractivity contribution is 8.17. The zero-order chi connectivity index (χ0) is 23.1. The molecule has 0 spiro atoms. The molecule has 0 N–H and O–H groups in total. The molecule has 178 valence electrons. The summed E-state index contributed by atoms with van der Waals surface area (Å²) in [4.78, 5) is 4.12. The number of hydrogen-bond acceptors (Lipinski definition) is 2. The van der Waals surface area contributed by atoms with E-state index in [9.17, 15) is 0 Å². The molecule has 4 fully saturated rings. The van der Waals surface area contributed by atoms with Gasteiger partial charge in [0, 0.05) is 0 Å². The van der Waals surface area contributed by atoms with Crippen molar-refractivity contribution in [2.75, 3.05) is 6.79 Å². The molecule has 4 saturated carbocycles. The zero-order valence-electron chi connectivity index (χ0n) is 20.3. The molecule has 4 bridgehead atoms. The average molecular weight is 473 g/mol. The van der Waals surface area contributed by atoms with Crippen LogP contribution in [0.4, 0.5) is 0 Å². The summed E-state index contributed by atoms with van der Waals surface area (Å²) in [5.74, 6) is 4.48. The summed E-state index contributed by atoms with van der Waals surface area (Å²) in [6.45, 7) is 4.73. The van der Waals surface area contributed by atoms with Crippen LogP contribution in [-0.4, -0.2) is 12.9 Å². The highest BCUT2D eigenvalue weighted by Crippen LogP contribution is 2.55. The number of ether oxygens (including phenoxy) is 2.